The standard InChI is InChI=1S/C20H35Si3.Li/c1-19(2,3)22(7,8)21(23(9,10)20(4,5)6)17-16-18-14-12-11-13-15-18;/h11-15H,1-10H3;/q-1;+1. The van der Waals surface area contributed by atoms with Gasteiger partial charge in [-0.3, -0.25) is 5.54 Å². The third-order valence-corrected chi connectivity index (χ3v) is 40.5. The molecule has 0 saturated heterocycles. The minimum atomic E-state index is -1.44. The summed E-state index contributed by atoms with van der Waals surface area (Å²) in [5.74, 6) is 3.57. The molecule has 0 N–H and O–H groups in total. The molecule has 0 aromatic heterocycles. The molecule has 0 aliphatic heterocycles. The summed E-state index contributed by atoms with van der Waals surface area (Å²) in [5, 5.41) is 0.810. The van der Waals surface area contributed by atoms with Crippen LogP contribution in [0.2, 0.25) is 36.3 Å². The molecule has 0 heterocycles. The van der Waals surface area contributed by atoms with Crippen LogP contribution in [0.4, 0.5) is 0 Å². The fourth-order valence-electron chi connectivity index (χ4n) is 2.50. The van der Waals surface area contributed by atoms with Crippen LogP contribution in [-0.2, 0) is 0 Å². The molecule has 0 atom stereocenters. The van der Waals surface area contributed by atoms with E-state index in [2.05, 4.69) is 110 Å². The van der Waals surface area contributed by atoms with Crippen LogP contribution in [0.25, 0.3) is 0 Å². The first-order chi connectivity index (χ1) is 10.2. The summed E-state index contributed by atoms with van der Waals surface area (Å²) in [4.78, 5) is 0. The molecule has 0 aliphatic carbocycles. The molecule has 1 aromatic rings. The Hall–Kier alpha value is 0.0281. The summed E-state index contributed by atoms with van der Waals surface area (Å²) < 4.78 is 0. The molecule has 128 valence electrons. The van der Waals surface area contributed by atoms with Crippen molar-refractivity contribution in [3.05, 3.63) is 35.9 Å². The summed E-state index contributed by atoms with van der Waals surface area (Å²) >= 11 is 0. The van der Waals surface area contributed by atoms with Gasteiger partial charge in [-0.05, 0) is 12.1 Å². The Morgan fingerprint density at radius 3 is 1.46 bits per heavy atom. The van der Waals surface area contributed by atoms with Crippen molar-refractivity contribution >= 4 is 23.0 Å². The summed E-state index contributed by atoms with van der Waals surface area (Å²) in [5.41, 5.74) is 5.08. The first-order valence-corrected chi connectivity index (χ1v) is 18.2. The molecule has 0 saturated carbocycles. The van der Waals surface area contributed by atoms with Crippen LogP contribution >= 0.6 is 0 Å². The van der Waals surface area contributed by atoms with Crippen LogP contribution in [0, 0.1) is 11.5 Å². The topological polar surface area (TPSA) is 0 Å². The van der Waals surface area contributed by atoms with E-state index >= 15 is 0 Å². The minimum absolute atomic E-state index is 0. The van der Waals surface area contributed by atoms with E-state index in [0.29, 0.717) is 10.1 Å². The Labute approximate surface area is 166 Å². The van der Waals surface area contributed by atoms with Crippen molar-refractivity contribution in [2.24, 2.45) is 0 Å². The Balaban J connectivity index is 0.00000529. The zero-order valence-corrected chi connectivity index (χ0v) is 20.9. The van der Waals surface area contributed by atoms with Gasteiger partial charge in [-0.25, -0.2) is 7.83 Å². The maximum absolute atomic E-state index is 3.90. The van der Waals surface area contributed by atoms with Crippen molar-refractivity contribution in [1.82, 2.24) is 0 Å². The van der Waals surface area contributed by atoms with E-state index in [-0.39, 0.29) is 18.9 Å². The van der Waals surface area contributed by atoms with Crippen molar-refractivity contribution in [3.63, 3.8) is 0 Å². The van der Waals surface area contributed by atoms with Crippen LogP contribution in [0.15, 0.2) is 30.3 Å². The average Bonchev–Trinajstić information content (AvgIpc) is 2.37. The summed E-state index contributed by atoms with van der Waals surface area (Å²) in [6.45, 7) is 25.1. The Kier molecular flexibility index (Phi) is 8.16. The third kappa shape index (κ3) is 5.26. The van der Waals surface area contributed by atoms with Gasteiger partial charge in [0, 0.05) is 5.56 Å². The molecule has 4 heteroatoms. The third-order valence-electron chi connectivity index (χ3n) is 6.11. The Morgan fingerprint density at radius 1 is 0.750 bits per heavy atom. The minimum Gasteiger partial charge on any atom is -0.297 e. The molecule has 0 amide bonds. The van der Waals surface area contributed by atoms with Gasteiger partial charge in [-0.15, -0.1) is 5.92 Å². The van der Waals surface area contributed by atoms with E-state index in [0.717, 1.165) is 0 Å². The van der Waals surface area contributed by atoms with Gasteiger partial charge in [-0.2, -0.15) is 0 Å². The second kappa shape index (κ2) is 8.15. The van der Waals surface area contributed by atoms with E-state index in [4.69, 9.17) is 0 Å². The first-order valence-electron chi connectivity index (χ1n) is 8.66. The van der Waals surface area contributed by atoms with Gasteiger partial charge in [0.25, 0.3) is 0 Å². The molecule has 0 bridgehead atoms. The zero-order chi connectivity index (χ0) is 18.1. The summed E-state index contributed by atoms with van der Waals surface area (Å²) in [7, 11) is -3.58. The second-order valence-corrected chi connectivity index (χ2v) is 32.2. The molecule has 0 aliphatic rings. The van der Waals surface area contributed by atoms with Gasteiger partial charge < -0.3 is 0 Å². The quantitative estimate of drug-likeness (QED) is 0.557. The van der Waals surface area contributed by atoms with Gasteiger partial charge in [0.05, 0.1) is 0 Å². The van der Waals surface area contributed by atoms with Crippen LogP contribution in [-0.4, -0.2) is 23.0 Å². The SMILES string of the molecule is CC(C)(C)[Si](C)(C)[Si-](C#Cc1ccccc1)[Si](C)(C)C(C)(C)C.[Li+]. The molecule has 0 fully saturated rings. The van der Waals surface area contributed by atoms with Crippen molar-refractivity contribution in [3.8, 4) is 11.5 Å². The fraction of sp³-hybridized carbons (Fsp3) is 0.600. The van der Waals surface area contributed by atoms with Crippen LogP contribution in [0.5, 0.6) is 0 Å². The first kappa shape index (κ1) is 24.0. The Morgan fingerprint density at radius 2 is 1.12 bits per heavy atom. The summed E-state index contributed by atoms with van der Waals surface area (Å²) in [6, 6.07) is 10.5. The average molecular weight is 367 g/mol. The van der Waals surface area contributed by atoms with Crippen molar-refractivity contribution in [1.29, 1.82) is 0 Å². The van der Waals surface area contributed by atoms with Crippen LogP contribution in [0.3, 0.4) is 0 Å². The van der Waals surface area contributed by atoms with Gasteiger partial charge in [0.1, 0.15) is 0 Å². The maximum atomic E-state index is 3.90. The number of benzene rings is 1. The maximum Gasteiger partial charge on any atom is 1.00 e. The number of rotatable bonds is 2. The van der Waals surface area contributed by atoms with Crippen molar-refractivity contribution in [2.45, 2.75) is 77.8 Å². The van der Waals surface area contributed by atoms with E-state index < -0.39 is 23.0 Å². The number of hydrogen-bond donors (Lipinski definition) is 0. The molecular weight excluding hydrogens is 331 g/mol. The van der Waals surface area contributed by atoms with Crippen molar-refractivity contribution in [2.75, 3.05) is 0 Å². The Bertz CT molecular complexity index is 555. The van der Waals surface area contributed by atoms with E-state index in [1.54, 1.807) is 0 Å². The van der Waals surface area contributed by atoms with E-state index in [1.807, 2.05) is 0 Å². The van der Waals surface area contributed by atoms with E-state index in [9.17, 15) is 0 Å². The fourth-order valence-corrected chi connectivity index (χ4v) is 38.7. The summed E-state index contributed by atoms with van der Waals surface area (Å²) in [6.07, 6.45) is 0. The molecule has 0 unspecified atom stereocenters. The van der Waals surface area contributed by atoms with Gasteiger partial charge >= 0.3 is 18.9 Å². The molecule has 0 radical (unpaired) electrons. The molecular formula is C20H35LiSi3. The van der Waals surface area contributed by atoms with Crippen LogP contribution < -0.4 is 18.9 Å². The predicted octanol–water partition coefficient (Wildman–Crippen LogP) is 3.25. The zero-order valence-electron chi connectivity index (χ0n) is 17.9. The monoisotopic (exact) mass is 366 g/mol. The molecule has 0 nitrogen and oxygen atoms in total. The predicted molar refractivity (Wildman–Crippen MR) is 113 cm³/mol. The largest absolute Gasteiger partial charge is 1.00 e. The molecule has 1 rings (SSSR count). The smallest absolute Gasteiger partial charge is 0.297 e. The molecule has 0 spiro atoms. The normalized spacial score (nSPS) is 12.8. The second-order valence-electron chi connectivity index (χ2n) is 9.74. The van der Waals surface area contributed by atoms with Gasteiger partial charge in [0.15, 0.2) is 0 Å². The van der Waals surface area contributed by atoms with Gasteiger partial charge in [-0.1, -0.05) is 111 Å². The van der Waals surface area contributed by atoms with Gasteiger partial charge in [0.2, 0.25) is 0 Å². The molecule has 24 heavy (non-hydrogen) atoms. The van der Waals surface area contributed by atoms with E-state index in [1.165, 1.54) is 5.56 Å². The number of hydrogen-bond acceptors (Lipinski definition) is 0. The molecule has 1 aromatic carbocycles. The van der Waals surface area contributed by atoms with Crippen molar-refractivity contribution < 1.29 is 18.9 Å². The van der Waals surface area contributed by atoms with Crippen LogP contribution in [0.1, 0.15) is 47.1 Å².